The number of aliphatic hydroxyl groups excluding tert-OH is 2. The van der Waals surface area contributed by atoms with Crippen LogP contribution in [0.3, 0.4) is 0 Å². The number of aliphatic hydroxyl groups is 2. The predicted octanol–water partition coefficient (Wildman–Crippen LogP) is 3.92. The average molecular weight is 421 g/mol. The first-order valence-electron chi connectivity index (χ1n) is 8.63. The Hall–Kier alpha value is -2.21. The van der Waals surface area contributed by atoms with Gasteiger partial charge >= 0.3 is 5.97 Å². The van der Waals surface area contributed by atoms with Crippen LogP contribution < -0.4 is 0 Å². The Kier molecular flexibility index (Phi) is 11.8. The van der Waals surface area contributed by atoms with Gasteiger partial charge in [-0.05, 0) is 37.1 Å². The Bertz CT molecular complexity index is 822. The summed E-state index contributed by atoms with van der Waals surface area (Å²) in [6.07, 6.45) is 6.42. The number of carbonyl (C=O) groups excluding carboxylic acids is 1. The van der Waals surface area contributed by atoms with Crippen molar-refractivity contribution >= 4 is 29.2 Å². The molecule has 6 heteroatoms. The smallest absolute Gasteiger partial charge is 0.305 e. The summed E-state index contributed by atoms with van der Waals surface area (Å²) in [6, 6.07) is 5.10. The molecular formula is C22H22Cl2O4. The van der Waals surface area contributed by atoms with Gasteiger partial charge in [-0.15, -0.1) is 0 Å². The van der Waals surface area contributed by atoms with Crippen LogP contribution in [0.25, 0.3) is 0 Å². The topological polar surface area (TPSA) is 66.8 Å². The molecule has 2 atom stereocenters. The quantitative estimate of drug-likeness (QED) is 0.398. The zero-order valence-electron chi connectivity index (χ0n) is 15.5. The van der Waals surface area contributed by atoms with Crippen LogP contribution in [0.1, 0.15) is 31.2 Å². The summed E-state index contributed by atoms with van der Waals surface area (Å²) in [5.41, 5.74) is 0.728. The highest BCUT2D eigenvalue weighted by Crippen LogP contribution is 2.22. The second-order valence-electron chi connectivity index (χ2n) is 5.72. The van der Waals surface area contributed by atoms with Crippen molar-refractivity contribution in [3.05, 3.63) is 58.1 Å². The molecule has 28 heavy (non-hydrogen) atoms. The number of hydrogen-bond donors (Lipinski definition) is 2. The first-order valence-corrected chi connectivity index (χ1v) is 9.39. The molecule has 0 aliphatic heterocycles. The summed E-state index contributed by atoms with van der Waals surface area (Å²) in [7, 11) is 1.33. The summed E-state index contributed by atoms with van der Waals surface area (Å²) in [4.78, 5) is 10.9. The Balaban J connectivity index is 2.33. The van der Waals surface area contributed by atoms with E-state index >= 15 is 0 Å². The third kappa shape index (κ3) is 10.8. The number of rotatable bonds is 7. The molecule has 0 saturated carbocycles. The van der Waals surface area contributed by atoms with E-state index in [9.17, 15) is 15.0 Å². The SMILES string of the molecule is COC(=O)CCC[C@H](O)C#C/C=C/C=C/[C@H](O)CC#Cc1ccc(Cl)c(Cl)c1. The Labute approximate surface area is 175 Å². The van der Waals surface area contributed by atoms with Gasteiger partial charge in [-0.25, -0.2) is 0 Å². The standard InChI is InChI=1S/C22H22Cl2O4/c1-28-22(27)13-7-12-19(26)10-5-3-2-4-9-18(25)11-6-8-17-14-15-20(23)21(24)16-17/h2-4,9,14-16,18-19,25-26H,7,11-13H2,1H3/b3-2+,9-4+/t18-,19+/m0/s1. The van der Waals surface area contributed by atoms with Crippen LogP contribution in [0, 0.1) is 23.7 Å². The van der Waals surface area contributed by atoms with E-state index in [1.54, 1.807) is 42.5 Å². The fourth-order valence-electron chi connectivity index (χ4n) is 1.95. The molecule has 0 radical (unpaired) electrons. The molecule has 0 unspecified atom stereocenters. The van der Waals surface area contributed by atoms with Gasteiger partial charge in [-0.2, -0.15) is 0 Å². The molecule has 1 aromatic rings. The van der Waals surface area contributed by atoms with Crippen molar-refractivity contribution in [2.75, 3.05) is 7.11 Å². The van der Waals surface area contributed by atoms with E-state index in [2.05, 4.69) is 28.4 Å². The molecule has 4 nitrogen and oxygen atoms in total. The molecule has 0 spiro atoms. The van der Waals surface area contributed by atoms with Crippen LogP contribution in [0.4, 0.5) is 0 Å². The largest absolute Gasteiger partial charge is 0.469 e. The first-order chi connectivity index (χ1) is 13.4. The zero-order valence-corrected chi connectivity index (χ0v) is 17.0. The maximum absolute atomic E-state index is 10.9. The van der Waals surface area contributed by atoms with Gasteiger partial charge in [0.1, 0.15) is 6.10 Å². The van der Waals surface area contributed by atoms with Crippen molar-refractivity contribution in [2.24, 2.45) is 0 Å². The molecule has 0 aliphatic carbocycles. The van der Waals surface area contributed by atoms with Crippen molar-refractivity contribution in [3.8, 4) is 23.7 Å². The summed E-state index contributed by atoms with van der Waals surface area (Å²) in [6.45, 7) is 0. The summed E-state index contributed by atoms with van der Waals surface area (Å²) >= 11 is 11.8. The average Bonchev–Trinajstić information content (AvgIpc) is 2.67. The van der Waals surface area contributed by atoms with E-state index in [0.717, 1.165) is 5.56 Å². The molecule has 0 aliphatic rings. The molecule has 2 N–H and O–H groups in total. The van der Waals surface area contributed by atoms with E-state index in [0.29, 0.717) is 22.9 Å². The Morgan fingerprint density at radius 1 is 1.25 bits per heavy atom. The Morgan fingerprint density at radius 3 is 2.75 bits per heavy atom. The van der Waals surface area contributed by atoms with E-state index in [1.807, 2.05) is 0 Å². The lowest BCUT2D eigenvalue weighted by Gasteiger charge is -2.01. The fourth-order valence-corrected chi connectivity index (χ4v) is 2.25. The van der Waals surface area contributed by atoms with Crippen LogP contribution in [0.5, 0.6) is 0 Å². The van der Waals surface area contributed by atoms with Gasteiger partial charge in [0.15, 0.2) is 0 Å². The molecule has 0 heterocycles. The number of halogens is 2. The van der Waals surface area contributed by atoms with Gasteiger partial charge in [-0.3, -0.25) is 4.79 Å². The lowest BCUT2D eigenvalue weighted by Crippen LogP contribution is -2.05. The van der Waals surface area contributed by atoms with Crippen LogP contribution in [0.2, 0.25) is 10.0 Å². The first kappa shape index (κ1) is 23.8. The van der Waals surface area contributed by atoms with E-state index < -0.39 is 12.2 Å². The minimum Gasteiger partial charge on any atom is -0.469 e. The van der Waals surface area contributed by atoms with Gasteiger partial charge in [0.05, 0.1) is 23.3 Å². The van der Waals surface area contributed by atoms with Crippen molar-refractivity contribution in [1.29, 1.82) is 0 Å². The summed E-state index contributed by atoms with van der Waals surface area (Å²) in [5, 5.41) is 20.4. The predicted molar refractivity (Wildman–Crippen MR) is 112 cm³/mol. The lowest BCUT2D eigenvalue weighted by atomic mass is 10.1. The third-order valence-corrected chi connectivity index (χ3v) is 4.16. The van der Waals surface area contributed by atoms with Crippen molar-refractivity contribution in [2.45, 2.75) is 37.9 Å². The van der Waals surface area contributed by atoms with Crippen molar-refractivity contribution in [1.82, 2.24) is 0 Å². The van der Waals surface area contributed by atoms with Crippen molar-refractivity contribution in [3.63, 3.8) is 0 Å². The second-order valence-corrected chi connectivity index (χ2v) is 6.53. The van der Waals surface area contributed by atoms with Crippen LogP contribution in [-0.4, -0.2) is 35.5 Å². The number of esters is 1. The third-order valence-electron chi connectivity index (χ3n) is 3.42. The van der Waals surface area contributed by atoms with Crippen LogP contribution in [0.15, 0.2) is 42.5 Å². The molecule has 1 rings (SSSR count). The monoisotopic (exact) mass is 420 g/mol. The maximum atomic E-state index is 10.9. The highest BCUT2D eigenvalue weighted by Gasteiger charge is 2.03. The summed E-state index contributed by atoms with van der Waals surface area (Å²) in [5.74, 6) is 10.8. The van der Waals surface area contributed by atoms with Gasteiger partial charge in [-0.1, -0.05) is 65.1 Å². The molecule has 0 saturated heterocycles. The number of carbonyl (C=O) groups is 1. The van der Waals surface area contributed by atoms with Crippen LogP contribution in [-0.2, 0) is 9.53 Å². The number of methoxy groups -OCH3 is 1. The number of benzene rings is 1. The number of hydrogen-bond acceptors (Lipinski definition) is 4. The lowest BCUT2D eigenvalue weighted by molar-refractivity contribution is -0.140. The highest BCUT2D eigenvalue weighted by molar-refractivity contribution is 6.42. The minimum atomic E-state index is -0.791. The number of ether oxygens (including phenoxy) is 1. The number of allylic oxidation sites excluding steroid dienone is 3. The van der Waals surface area contributed by atoms with Gasteiger partial charge in [0.2, 0.25) is 0 Å². The van der Waals surface area contributed by atoms with E-state index in [1.165, 1.54) is 7.11 Å². The molecular weight excluding hydrogens is 399 g/mol. The van der Waals surface area contributed by atoms with E-state index in [-0.39, 0.29) is 18.8 Å². The minimum absolute atomic E-state index is 0.264. The van der Waals surface area contributed by atoms with Crippen molar-refractivity contribution < 1.29 is 19.7 Å². The normalized spacial score (nSPS) is 12.8. The maximum Gasteiger partial charge on any atom is 0.305 e. The second kappa shape index (κ2) is 13.9. The van der Waals surface area contributed by atoms with Crippen LogP contribution >= 0.6 is 23.2 Å². The highest BCUT2D eigenvalue weighted by atomic mass is 35.5. The Morgan fingerprint density at radius 2 is 2.04 bits per heavy atom. The van der Waals surface area contributed by atoms with Gasteiger partial charge in [0.25, 0.3) is 0 Å². The molecule has 0 bridgehead atoms. The molecule has 0 amide bonds. The molecule has 0 fully saturated rings. The molecule has 148 valence electrons. The zero-order chi connectivity index (χ0) is 20.8. The molecule has 1 aromatic carbocycles. The van der Waals surface area contributed by atoms with E-state index in [4.69, 9.17) is 23.2 Å². The van der Waals surface area contributed by atoms with Gasteiger partial charge in [0, 0.05) is 18.4 Å². The fraction of sp³-hybridized carbons (Fsp3) is 0.318. The molecule has 0 aromatic heterocycles. The summed E-state index contributed by atoms with van der Waals surface area (Å²) < 4.78 is 4.52. The van der Waals surface area contributed by atoms with Gasteiger partial charge < -0.3 is 14.9 Å².